The predicted molar refractivity (Wildman–Crippen MR) is 62.7 cm³/mol. The zero-order chi connectivity index (χ0) is 10.8. The zero-order valence-electron chi connectivity index (χ0n) is 7.70. The van der Waals surface area contributed by atoms with E-state index in [0.717, 1.165) is 27.0 Å². The monoisotopic (exact) mass is 265 g/mol. The Bertz CT molecular complexity index is 543. The Hall–Kier alpha value is -1.55. The van der Waals surface area contributed by atoms with Crippen molar-refractivity contribution in [1.82, 2.24) is 4.98 Å². The van der Waals surface area contributed by atoms with Gasteiger partial charge in [-0.2, -0.15) is 0 Å². The molecule has 1 heterocycles. The standard InChI is InChI=1S/C11H8BrNO2/c12-8-2-3-10-9(5-8)7(6-13-10)1-4-11(14)15/h1-6,13H,(H,14,15). The van der Waals surface area contributed by atoms with Crippen LogP contribution >= 0.6 is 15.9 Å². The molecule has 0 aliphatic heterocycles. The van der Waals surface area contributed by atoms with Gasteiger partial charge in [0.1, 0.15) is 0 Å². The minimum atomic E-state index is -0.945. The van der Waals surface area contributed by atoms with Crippen molar-refractivity contribution in [3.63, 3.8) is 0 Å². The van der Waals surface area contributed by atoms with E-state index in [1.165, 1.54) is 0 Å². The molecular formula is C11H8BrNO2. The minimum Gasteiger partial charge on any atom is -0.478 e. The second kappa shape index (κ2) is 3.90. The first-order chi connectivity index (χ1) is 7.16. The SMILES string of the molecule is O=C(O)C=Cc1c[nH]c2ccc(Br)cc12. The average molecular weight is 266 g/mol. The van der Waals surface area contributed by atoms with Crippen LogP contribution in [0.15, 0.2) is 34.9 Å². The van der Waals surface area contributed by atoms with Crippen LogP contribution in [-0.2, 0) is 4.79 Å². The normalized spacial score (nSPS) is 11.3. The number of nitrogens with one attached hydrogen (secondary N) is 1. The largest absolute Gasteiger partial charge is 0.478 e. The highest BCUT2D eigenvalue weighted by Gasteiger charge is 2.01. The van der Waals surface area contributed by atoms with E-state index in [9.17, 15) is 4.79 Å². The lowest BCUT2D eigenvalue weighted by atomic mass is 10.1. The summed E-state index contributed by atoms with van der Waals surface area (Å²) in [6.07, 6.45) is 4.49. The molecule has 0 fully saturated rings. The molecule has 0 atom stereocenters. The Morgan fingerprint density at radius 1 is 1.47 bits per heavy atom. The summed E-state index contributed by atoms with van der Waals surface area (Å²) in [4.78, 5) is 13.5. The number of benzene rings is 1. The van der Waals surface area contributed by atoms with Gasteiger partial charge < -0.3 is 10.1 Å². The fraction of sp³-hybridized carbons (Fsp3) is 0. The molecule has 0 radical (unpaired) electrons. The van der Waals surface area contributed by atoms with Crippen LogP contribution in [0.3, 0.4) is 0 Å². The fourth-order valence-corrected chi connectivity index (χ4v) is 1.77. The van der Waals surface area contributed by atoms with Gasteiger partial charge in [-0.25, -0.2) is 4.79 Å². The van der Waals surface area contributed by atoms with Crippen LogP contribution in [0.2, 0.25) is 0 Å². The van der Waals surface area contributed by atoms with Crippen molar-refractivity contribution in [3.8, 4) is 0 Å². The summed E-state index contributed by atoms with van der Waals surface area (Å²) in [6.45, 7) is 0. The van der Waals surface area contributed by atoms with Crippen LogP contribution in [0.5, 0.6) is 0 Å². The molecular weight excluding hydrogens is 258 g/mol. The molecule has 4 heteroatoms. The summed E-state index contributed by atoms with van der Waals surface area (Å²) in [5.74, 6) is -0.945. The molecule has 0 saturated heterocycles. The van der Waals surface area contributed by atoms with Gasteiger partial charge in [-0.1, -0.05) is 15.9 Å². The molecule has 2 rings (SSSR count). The zero-order valence-corrected chi connectivity index (χ0v) is 9.28. The molecule has 1 aromatic carbocycles. The van der Waals surface area contributed by atoms with Crippen LogP contribution in [0.4, 0.5) is 0 Å². The van der Waals surface area contributed by atoms with Gasteiger partial charge in [-0.15, -0.1) is 0 Å². The highest BCUT2D eigenvalue weighted by Crippen LogP contribution is 2.23. The Morgan fingerprint density at radius 2 is 2.27 bits per heavy atom. The molecule has 0 amide bonds. The van der Waals surface area contributed by atoms with Crippen LogP contribution in [0, 0.1) is 0 Å². The number of aromatic nitrogens is 1. The molecule has 0 aliphatic rings. The second-order valence-electron chi connectivity index (χ2n) is 3.11. The summed E-state index contributed by atoms with van der Waals surface area (Å²) >= 11 is 3.38. The summed E-state index contributed by atoms with van der Waals surface area (Å²) in [5, 5.41) is 9.53. The Labute approximate surface area is 94.6 Å². The quantitative estimate of drug-likeness (QED) is 0.821. The number of hydrogen-bond acceptors (Lipinski definition) is 1. The van der Waals surface area contributed by atoms with Crippen LogP contribution in [0.25, 0.3) is 17.0 Å². The maximum atomic E-state index is 10.4. The summed E-state index contributed by atoms with van der Waals surface area (Å²) in [7, 11) is 0. The lowest BCUT2D eigenvalue weighted by molar-refractivity contribution is -0.131. The first kappa shape index (κ1) is 9.98. The van der Waals surface area contributed by atoms with E-state index in [1.807, 2.05) is 18.2 Å². The fourth-order valence-electron chi connectivity index (χ4n) is 1.41. The number of halogens is 1. The molecule has 3 nitrogen and oxygen atoms in total. The van der Waals surface area contributed by atoms with Gasteiger partial charge in [-0.3, -0.25) is 0 Å². The third kappa shape index (κ3) is 2.10. The first-order valence-corrected chi connectivity index (χ1v) is 5.14. The van der Waals surface area contributed by atoms with Crippen molar-refractivity contribution in [2.75, 3.05) is 0 Å². The summed E-state index contributed by atoms with van der Waals surface area (Å²) < 4.78 is 0.972. The van der Waals surface area contributed by atoms with Gasteiger partial charge in [0, 0.05) is 33.2 Å². The van der Waals surface area contributed by atoms with Crippen molar-refractivity contribution < 1.29 is 9.90 Å². The number of carbonyl (C=O) groups is 1. The smallest absolute Gasteiger partial charge is 0.328 e. The van der Waals surface area contributed by atoms with Gasteiger partial charge >= 0.3 is 5.97 Å². The van der Waals surface area contributed by atoms with Gasteiger partial charge in [0.05, 0.1) is 0 Å². The van der Waals surface area contributed by atoms with Crippen molar-refractivity contribution in [2.45, 2.75) is 0 Å². The maximum Gasteiger partial charge on any atom is 0.328 e. The van der Waals surface area contributed by atoms with Gasteiger partial charge in [0.25, 0.3) is 0 Å². The number of fused-ring (bicyclic) bond motifs is 1. The van der Waals surface area contributed by atoms with E-state index >= 15 is 0 Å². The van der Waals surface area contributed by atoms with Crippen molar-refractivity contribution >= 4 is 38.9 Å². The number of carboxylic acid groups (broad SMARTS) is 1. The summed E-state index contributed by atoms with van der Waals surface area (Å²) in [5.41, 5.74) is 1.86. The average Bonchev–Trinajstić information content (AvgIpc) is 2.57. The van der Waals surface area contributed by atoms with Gasteiger partial charge in [0.15, 0.2) is 0 Å². The number of aliphatic carboxylic acids is 1. The maximum absolute atomic E-state index is 10.4. The van der Waals surface area contributed by atoms with Crippen molar-refractivity contribution in [3.05, 3.63) is 40.5 Å². The van der Waals surface area contributed by atoms with Gasteiger partial charge in [-0.05, 0) is 24.3 Å². The highest BCUT2D eigenvalue weighted by molar-refractivity contribution is 9.10. The lowest BCUT2D eigenvalue weighted by Gasteiger charge is -1.93. The van der Waals surface area contributed by atoms with E-state index in [2.05, 4.69) is 20.9 Å². The number of aromatic amines is 1. The van der Waals surface area contributed by atoms with Crippen LogP contribution in [0.1, 0.15) is 5.56 Å². The molecule has 0 spiro atoms. The molecule has 0 unspecified atom stereocenters. The van der Waals surface area contributed by atoms with Crippen molar-refractivity contribution in [1.29, 1.82) is 0 Å². The van der Waals surface area contributed by atoms with Crippen molar-refractivity contribution in [2.24, 2.45) is 0 Å². The Balaban J connectivity index is 2.52. The lowest BCUT2D eigenvalue weighted by Crippen LogP contribution is -1.84. The van der Waals surface area contributed by atoms with Crippen LogP contribution < -0.4 is 0 Å². The van der Waals surface area contributed by atoms with Gasteiger partial charge in [0.2, 0.25) is 0 Å². The van der Waals surface area contributed by atoms with E-state index in [4.69, 9.17) is 5.11 Å². The Kier molecular flexibility index (Phi) is 2.60. The Morgan fingerprint density at radius 3 is 3.00 bits per heavy atom. The molecule has 1 aromatic heterocycles. The molecule has 2 N–H and O–H groups in total. The second-order valence-corrected chi connectivity index (χ2v) is 4.02. The van der Waals surface area contributed by atoms with E-state index in [1.54, 1.807) is 12.3 Å². The predicted octanol–water partition coefficient (Wildman–Crippen LogP) is 3.03. The number of rotatable bonds is 2. The number of carboxylic acids is 1. The first-order valence-electron chi connectivity index (χ1n) is 4.34. The molecule has 15 heavy (non-hydrogen) atoms. The molecule has 2 aromatic rings. The molecule has 0 saturated carbocycles. The van der Waals surface area contributed by atoms with Crippen LogP contribution in [-0.4, -0.2) is 16.1 Å². The van der Waals surface area contributed by atoms with E-state index in [0.29, 0.717) is 0 Å². The summed E-state index contributed by atoms with van der Waals surface area (Å²) in [6, 6.07) is 5.83. The van der Waals surface area contributed by atoms with E-state index in [-0.39, 0.29) is 0 Å². The van der Waals surface area contributed by atoms with E-state index < -0.39 is 5.97 Å². The minimum absolute atomic E-state index is 0.869. The third-order valence-corrected chi connectivity index (χ3v) is 2.57. The molecule has 0 aliphatic carbocycles. The highest BCUT2D eigenvalue weighted by atomic mass is 79.9. The number of H-pyrrole nitrogens is 1. The third-order valence-electron chi connectivity index (χ3n) is 2.08. The molecule has 0 bridgehead atoms. The topological polar surface area (TPSA) is 53.1 Å². The number of hydrogen-bond donors (Lipinski definition) is 2. The molecule has 76 valence electrons.